The van der Waals surface area contributed by atoms with E-state index in [4.69, 9.17) is 0 Å². The summed E-state index contributed by atoms with van der Waals surface area (Å²) < 4.78 is 104. The topological polar surface area (TPSA) is 46.2 Å². The molecule has 0 radical (unpaired) electrons. The fraction of sp³-hybridized carbons (Fsp3) is 0.600. The van der Waals surface area contributed by atoms with E-state index in [1.54, 1.807) is 6.92 Å². The SMILES string of the molecule is C[C@@H]1CCCC[C@@H]1NS(=O)(=O)c1cc(C(F)(F)F)cc(C(F)(F)F)c1. The van der Waals surface area contributed by atoms with Crippen LogP contribution < -0.4 is 4.72 Å². The maximum absolute atomic E-state index is 12.9. The highest BCUT2D eigenvalue weighted by Crippen LogP contribution is 2.37. The predicted octanol–water partition coefficient (Wildman–Crippen LogP) is 4.58. The second kappa shape index (κ2) is 6.79. The summed E-state index contributed by atoms with van der Waals surface area (Å²) in [7, 11) is -4.51. The van der Waals surface area contributed by atoms with E-state index in [1.165, 1.54) is 0 Å². The second-order valence-electron chi connectivity index (χ2n) is 6.23. The normalized spacial score (nSPS) is 22.8. The van der Waals surface area contributed by atoms with Gasteiger partial charge in [-0.25, -0.2) is 13.1 Å². The number of nitrogens with one attached hydrogen (secondary N) is 1. The van der Waals surface area contributed by atoms with Gasteiger partial charge in [0.15, 0.2) is 0 Å². The molecule has 0 saturated heterocycles. The third-order valence-corrected chi connectivity index (χ3v) is 5.76. The molecule has 1 aromatic rings. The molecule has 1 aromatic carbocycles. The number of alkyl halides is 6. The van der Waals surface area contributed by atoms with E-state index in [1.807, 2.05) is 0 Å². The van der Waals surface area contributed by atoms with E-state index in [0.717, 1.165) is 19.3 Å². The van der Waals surface area contributed by atoms with Gasteiger partial charge in [-0.3, -0.25) is 0 Å². The third-order valence-electron chi connectivity index (χ3n) is 4.29. The van der Waals surface area contributed by atoms with Crippen LogP contribution in [-0.2, 0) is 22.4 Å². The van der Waals surface area contributed by atoms with E-state index in [9.17, 15) is 34.8 Å². The minimum Gasteiger partial charge on any atom is -0.208 e. The molecule has 3 nitrogen and oxygen atoms in total. The van der Waals surface area contributed by atoms with Crippen molar-refractivity contribution in [3.63, 3.8) is 0 Å². The summed E-state index contributed by atoms with van der Waals surface area (Å²) >= 11 is 0. The van der Waals surface area contributed by atoms with Crippen LogP contribution >= 0.6 is 0 Å². The molecule has 1 aliphatic carbocycles. The Kier molecular flexibility index (Phi) is 5.44. The van der Waals surface area contributed by atoms with E-state index < -0.39 is 44.4 Å². The average molecular weight is 389 g/mol. The summed E-state index contributed by atoms with van der Waals surface area (Å²) in [6, 6.07) is -0.152. The van der Waals surface area contributed by atoms with Crippen molar-refractivity contribution in [1.29, 1.82) is 0 Å². The molecule has 2 atom stereocenters. The number of benzene rings is 1. The molecular weight excluding hydrogens is 372 g/mol. The lowest BCUT2D eigenvalue weighted by molar-refractivity contribution is -0.143. The highest BCUT2D eigenvalue weighted by molar-refractivity contribution is 7.89. The molecule has 0 aliphatic heterocycles. The average Bonchev–Trinajstić information content (AvgIpc) is 2.47. The first kappa shape index (κ1) is 20.0. The smallest absolute Gasteiger partial charge is 0.208 e. The van der Waals surface area contributed by atoms with Gasteiger partial charge in [0.05, 0.1) is 16.0 Å². The molecule has 25 heavy (non-hydrogen) atoms. The summed E-state index contributed by atoms with van der Waals surface area (Å²) in [6.45, 7) is 1.79. The maximum Gasteiger partial charge on any atom is 0.416 e. The fourth-order valence-corrected chi connectivity index (χ4v) is 4.29. The van der Waals surface area contributed by atoms with Gasteiger partial charge in [0.25, 0.3) is 0 Å². The zero-order valence-electron chi connectivity index (χ0n) is 13.2. The van der Waals surface area contributed by atoms with Gasteiger partial charge in [0, 0.05) is 6.04 Å². The largest absolute Gasteiger partial charge is 0.416 e. The van der Waals surface area contributed by atoms with Crippen molar-refractivity contribution in [2.75, 3.05) is 0 Å². The van der Waals surface area contributed by atoms with E-state index in [2.05, 4.69) is 4.72 Å². The lowest BCUT2D eigenvalue weighted by Gasteiger charge is -2.29. The Morgan fingerprint density at radius 3 is 1.84 bits per heavy atom. The number of hydrogen-bond donors (Lipinski definition) is 1. The van der Waals surface area contributed by atoms with Crippen LogP contribution in [0.25, 0.3) is 0 Å². The summed E-state index contributed by atoms with van der Waals surface area (Å²) in [5.41, 5.74) is -3.31. The molecule has 0 spiro atoms. The van der Waals surface area contributed by atoms with Crippen LogP contribution in [0.1, 0.15) is 43.7 Å². The third kappa shape index (κ3) is 4.87. The molecule has 1 fully saturated rings. The van der Waals surface area contributed by atoms with Gasteiger partial charge in [-0.1, -0.05) is 19.8 Å². The van der Waals surface area contributed by atoms with Crippen LogP contribution in [-0.4, -0.2) is 14.5 Å². The quantitative estimate of drug-likeness (QED) is 0.769. The first-order valence-electron chi connectivity index (χ1n) is 7.62. The van der Waals surface area contributed by atoms with Crippen molar-refractivity contribution in [3.8, 4) is 0 Å². The molecule has 142 valence electrons. The molecule has 1 saturated carbocycles. The van der Waals surface area contributed by atoms with Crippen LogP contribution in [0.15, 0.2) is 23.1 Å². The zero-order valence-corrected chi connectivity index (χ0v) is 14.0. The van der Waals surface area contributed by atoms with Gasteiger partial charge in [-0.2, -0.15) is 26.3 Å². The summed E-state index contributed by atoms with van der Waals surface area (Å²) in [5, 5.41) is 0. The van der Waals surface area contributed by atoms with Gasteiger partial charge in [-0.15, -0.1) is 0 Å². The van der Waals surface area contributed by atoms with Gasteiger partial charge in [-0.05, 0) is 37.0 Å². The minimum atomic E-state index is -5.09. The van der Waals surface area contributed by atoms with Gasteiger partial charge in [0.1, 0.15) is 0 Å². The van der Waals surface area contributed by atoms with Gasteiger partial charge < -0.3 is 0 Å². The molecule has 0 aromatic heterocycles. The second-order valence-corrected chi connectivity index (χ2v) is 7.95. The molecular formula is C15H17F6NO2S. The van der Waals surface area contributed by atoms with Crippen LogP contribution in [0.5, 0.6) is 0 Å². The Hall–Kier alpha value is -1.29. The minimum absolute atomic E-state index is 0.0450. The lowest BCUT2D eigenvalue weighted by atomic mass is 9.87. The van der Waals surface area contributed by atoms with Crippen LogP contribution in [0.2, 0.25) is 0 Å². The van der Waals surface area contributed by atoms with Crippen LogP contribution in [0, 0.1) is 5.92 Å². The molecule has 1 N–H and O–H groups in total. The molecule has 0 amide bonds. The van der Waals surface area contributed by atoms with Crippen molar-refractivity contribution in [3.05, 3.63) is 29.3 Å². The Morgan fingerprint density at radius 1 is 0.920 bits per heavy atom. The Morgan fingerprint density at radius 2 is 1.40 bits per heavy atom. The zero-order chi connectivity index (χ0) is 19.0. The van der Waals surface area contributed by atoms with E-state index in [-0.39, 0.29) is 24.1 Å². The number of rotatable bonds is 3. The van der Waals surface area contributed by atoms with Crippen molar-refractivity contribution < 1.29 is 34.8 Å². The fourth-order valence-electron chi connectivity index (χ4n) is 2.84. The Labute approximate surface area is 141 Å². The highest BCUT2D eigenvalue weighted by Gasteiger charge is 2.38. The molecule has 0 bridgehead atoms. The Balaban J connectivity index is 2.45. The van der Waals surface area contributed by atoms with Crippen LogP contribution in [0.3, 0.4) is 0 Å². The van der Waals surface area contributed by atoms with Crippen molar-refractivity contribution in [2.45, 2.75) is 55.9 Å². The monoisotopic (exact) mass is 389 g/mol. The van der Waals surface area contributed by atoms with Gasteiger partial charge in [0.2, 0.25) is 10.0 Å². The predicted molar refractivity (Wildman–Crippen MR) is 78.2 cm³/mol. The summed E-state index contributed by atoms with van der Waals surface area (Å²) in [5.74, 6) is -0.0450. The lowest BCUT2D eigenvalue weighted by Crippen LogP contribution is -2.41. The van der Waals surface area contributed by atoms with Crippen molar-refractivity contribution >= 4 is 10.0 Å². The van der Waals surface area contributed by atoms with E-state index in [0.29, 0.717) is 6.42 Å². The molecule has 0 heterocycles. The number of halogens is 6. The number of sulfonamides is 1. The maximum atomic E-state index is 12.9. The summed E-state index contributed by atoms with van der Waals surface area (Å²) in [6.07, 6.45) is -7.31. The molecule has 2 rings (SSSR count). The van der Waals surface area contributed by atoms with Crippen LogP contribution in [0.4, 0.5) is 26.3 Å². The summed E-state index contributed by atoms with van der Waals surface area (Å²) in [4.78, 5) is -1.03. The first-order chi connectivity index (χ1) is 11.3. The molecule has 0 unspecified atom stereocenters. The highest BCUT2D eigenvalue weighted by atomic mass is 32.2. The standard InChI is InChI=1S/C15H17F6NO2S/c1-9-4-2-3-5-13(9)22-25(23,24)12-7-10(14(16,17)18)6-11(8-12)15(19,20)21/h6-9,13,22H,2-5H2,1H3/t9-,13+/m1/s1. The van der Waals surface area contributed by atoms with Crippen molar-refractivity contribution in [2.24, 2.45) is 5.92 Å². The molecule has 1 aliphatic rings. The van der Waals surface area contributed by atoms with Crippen molar-refractivity contribution in [1.82, 2.24) is 4.72 Å². The Bertz CT molecular complexity index is 694. The van der Waals surface area contributed by atoms with E-state index >= 15 is 0 Å². The molecule has 10 heteroatoms. The van der Waals surface area contributed by atoms with Gasteiger partial charge >= 0.3 is 12.4 Å². The first-order valence-corrected chi connectivity index (χ1v) is 9.11. The number of hydrogen-bond acceptors (Lipinski definition) is 2.